The molecule has 0 rings (SSSR count). The van der Waals surface area contributed by atoms with Crippen LogP contribution in [-0.4, -0.2) is 37.8 Å². The number of nitrogens with zero attached hydrogens (tertiary/aromatic N) is 1. The minimum absolute atomic E-state index is 0.226. The lowest BCUT2D eigenvalue weighted by atomic mass is 9.89. The van der Waals surface area contributed by atoms with Crippen LogP contribution < -0.4 is 0 Å². The smallest absolute Gasteiger partial charge is 0.105 e. The zero-order valence-electron chi connectivity index (χ0n) is 35.3. The summed E-state index contributed by atoms with van der Waals surface area (Å²) in [6, 6.07) is 0. The minimum Gasteiger partial charge on any atom is -0.552 e. The van der Waals surface area contributed by atoms with E-state index in [4.69, 9.17) is 4.52 Å². The number of hydrogen-bond acceptors (Lipinski definition) is 1. The van der Waals surface area contributed by atoms with Gasteiger partial charge < -0.3 is 18.5 Å². The first-order valence-electron chi connectivity index (χ1n) is 20.9. The van der Waals surface area contributed by atoms with E-state index in [9.17, 15) is 0 Å². The molecule has 0 saturated carbocycles. The molecule has 48 heavy (non-hydrogen) atoms. The number of rotatable bonds is 31. The molecule has 0 radical (unpaired) electrons. The lowest BCUT2D eigenvalue weighted by molar-refractivity contribution is -0.876. The molecular formula is C45H90NOP. The average Bonchev–Trinajstić information content (AvgIpc) is 2.97. The summed E-state index contributed by atoms with van der Waals surface area (Å²) in [6.07, 6.45) is 31.4. The van der Waals surface area contributed by atoms with Crippen LogP contribution in [-0.2, 0) is 4.52 Å². The SMILES string of the molecule is C/C(=C\CC(C/C=C(\C)CCCC(C)CCCC(C)CCCC(C)C)(C[N+](C)(C)C)O[PH-])CCCC(C)CCCC(C)CCCC(C)C. The summed E-state index contributed by atoms with van der Waals surface area (Å²) in [5.41, 5.74) is 2.82. The molecule has 0 heterocycles. The van der Waals surface area contributed by atoms with Gasteiger partial charge in [-0.3, -0.25) is 0 Å². The van der Waals surface area contributed by atoms with Gasteiger partial charge in [0.1, 0.15) is 6.54 Å². The molecule has 0 aliphatic carbocycles. The van der Waals surface area contributed by atoms with Crippen molar-refractivity contribution in [2.75, 3.05) is 27.7 Å². The normalized spacial score (nSPS) is 17.2. The maximum absolute atomic E-state index is 6.20. The number of hydrogen-bond donors (Lipinski definition) is 0. The summed E-state index contributed by atoms with van der Waals surface area (Å²) >= 11 is 0. The summed E-state index contributed by atoms with van der Waals surface area (Å²) < 4.78 is 7.09. The lowest BCUT2D eigenvalue weighted by Gasteiger charge is -2.41. The van der Waals surface area contributed by atoms with Gasteiger partial charge >= 0.3 is 0 Å². The zero-order chi connectivity index (χ0) is 36.6. The Balaban J connectivity index is 4.69. The van der Waals surface area contributed by atoms with Crippen molar-refractivity contribution in [1.82, 2.24) is 0 Å². The Morgan fingerprint density at radius 2 is 0.812 bits per heavy atom. The van der Waals surface area contributed by atoms with E-state index in [1.165, 1.54) is 127 Å². The second kappa shape index (κ2) is 27.5. The van der Waals surface area contributed by atoms with Gasteiger partial charge in [-0.2, -0.15) is 0 Å². The van der Waals surface area contributed by atoms with Crippen LogP contribution in [0.1, 0.15) is 198 Å². The molecule has 0 amide bonds. The Morgan fingerprint density at radius 1 is 0.521 bits per heavy atom. The van der Waals surface area contributed by atoms with E-state index in [0.717, 1.165) is 59.4 Å². The highest BCUT2D eigenvalue weighted by Gasteiger charge is 2.31. The fourth-order valence-electron chi connectivity index (χ4n) is 7.53. The summed E-state index contributed by atoms with van der Waals surface area (Å²) in [7, 11) is 10.4. The summed E-state index contributed by atoms with van der Waals surface area (Å²) in [6.45, 7) is 24.9. The molecule has 0 aromatic rings. The van der Waals surface area contributed by atoms with Crippen molar-refractivity contribution in [1.29, 1.82) is 0 Å². The topological polar surface area (TPSA) is 9.23 Å². The first-order valence-corrected chi connectivity index (χ1v) is 21.3. The Hall–Kier alpha value is -0.170. The lowest BCUT2D eigenvalue weighted by Crippen LogP contribution is -2.49. The third-order valence-corrected chi connectivity index (χ3v) is 11.3. The van der Waals surface area contributed by atoms with E-state index in [2.05, 4.69) is 112 Å². The van der Waals surface area contributed by atoms with Gasteiger partial charge in [0, 0.05) is 0 Å². The van der Waals surface area contributed by atoms with E-state index in [-0.39, 0.29) is 5.60 Å². The van der Waals surface area contributed by atoms with Crippen LogP contribution in [0.25, 0.3) is 0 Å². The highest BCUT2D eigenvalue weighted by atomic mass is 31.0. The molecule has 0 aliphatic heterocycles. The third kappa shape index (κ3) is 28.5. The monoisotopic (exact) mass is 692 g/mol. The third-order valence-electron chi connectivity index (χ3n) is 10.9. The van der Waals surface area contributed by atoms with Gasteiger partial charge in [-0.25, -0.2) is 0 Å². The second-order valence-electron chi connectivity index (χ2n) is 19.0. The Morgan fingerprint density at radius 3 is 1.08 bits per heavy atom. The molecule has 0 N–H and O–H groups in total. The molecule has 4 atom stereocenters. The van der Waals surface area contributed by atoms with Crippen LogP contribution in [0.5, 0.6) is 0 Å². The number of allylic oxidation sites excluding steroid dienone is 2. The van der Waals surface area contributed by atoms with E-state index >= 15 is 0 Å². The predicted octanol–water partition coefficient (Wildman–Crippen LogP) is 15.1. The standard InChI is InChI=1S/C45H90NOP/c1-37(2)20-14-22-39(5)24-16-26-41(7)28-18-30-43(9)32-34-45(47-48,36-46(11,12)13)35-33-44(10)31-19-29-42(8)27-17-25-40(6)23-15-21-38(3)4/h32-33,37-42,48H,14-31,34-36H2,1-13H3/b43-32+,44-33+. The summed E-state index contributed by atoms with van der Waals surface area (Å²) in [5.74, 6) is 5.17. The molecule has 0 saturated heterocycles. The van der Waals surface area contributed by atoms with Crippen molar-refractivity contribution in [3.05, 3.63) is 23.3 Å². The molecule has 4 unspecified atom stereocenters. The second-order valence-corrected chi connectivity index (χ2v) is 19.2. The first kappa shape index (κ1) is 47.8. The number of quaternary nitrogens is 1. The van der Waals surface area contributed by atoms with Crippen molar-refractivity contribution in [2.45, 2.75) is 203 Å². The molecule has 0 aromatic carbocycles. The van der Waals surface area contributed by atoms with Crippen LogP contribution in [0, 0.1) is 35.5 Å². The highest BCUT2D eigenvalue weighted by molar-refractivity contribution is 7.09. The minimum atomic E-state index is -0.226. The van der Waals surface area contributed by atoms with E-state index in [1.54, 1.807) is 0 Å². The van der Waals surface area contributed by atoms with Gasteiger partial charge in [0.15, 0.2) is 0 Å². The summed E-state index contributed by atoms with van der Waals surface area (Å²) in [5, 5.41) is 0. The Bertz CT molecular complexity index is 765. The Kier molecular flexibility index (Phi) is 27.4. The molecule has 286 valence electrons. The van der Waals surface area contributed by atoms with Crippen molar-refractivity contribution >= 4 is 9.47 Å². The zero-order valence-corrected chi connectivity index (χ0v) is 36.3. The van der Waals surface area contributed by atoms with Crippen LogP contribution in [0.2, 0.25) is 0 Å². The molecule has 0 aliphatic rings. The van der Waals surface area contributed by atoms with Crippen molar-refractivity contribution < 1.29 is 9.01 Å². The Labute approximate surface area is 307 Å². The van der Waals surface area contributed by atoms with E-state index in [1.807, 2.05) is 0 Å². The van der Waals surface area contributed by atoms with E-state index < -0.39 is 0 Å². The van der Waals surface area contributed by atoms with Gasteiger partial charge in [0.2, 0.25) is 0 Å². The molecular weight excluding hydrogens is 601 g/mol. The first-order chi connectivity index (χ1) is 22.5. The highest BCUT2D eigenvalue weighted by Crippen LogP contribution is 2.31. The number of likely N-dealkylation sites (N-methyl/N-ethyl adjacent to an activating group) is 1. The van der Waals surface area contributed by atoms with Crippen LogP contribution >= 0.6 is 9.47 Å². The van der Waals surface area contributed by atoms with Gasteiger partial charge in [-0.1, -0.05) is 169 Å². The van der Waals surface area contributed by atoms with Crippen LogP contribution in [0.3, 0.4) is 0 Å². The molecule has 3 heteroatoms. The average molecular weight is 692 g/mol. The van der Waals surface area contributed by atoms with Crippen LogP contribution in [0.4, 0.5) is 0 Å². The van der Waals surface area contributed by atoms with Crippen LogP contribution in [0.15, 0.2) is 23.3 Å². The largest absolute Gasteiger partial charge is 0.552 e. The van der Waals surface area contributed by atoms with Gasteiger partial charge in [0.25, 0.3) is 0 Å². The maximum Gasteiger partial charge on any atom is 0.105 e. The summed E-state index contributed by atoms with van der Waals surface area (Å²) in [4.78, 5) is 0. The maximum atomic E-state index is 6.20. The van der Waals surface area contributed by atoms with Crippen molar-refractivity contribution in [2.24, 2.45) is 35.5 Å². The molecule has 2 nitrogen and oxygen atoms in total. The van der Waals surface area contributed by atoms with Crippen molar-refractivity contribution in [3.8, 4) is 0 Å². The fraction of sp³-hybridized carbons (Fsp3) is 0.911. The van der Waals surface area contributed by atoms with E-state index in [0.29, 0.717) is 0 Å². The van der Waals surface area contributed by atoms with Gasteiger partial charge in [-0.05, 0) is 87.9 Å². The molecule has 0 spiro atoms. The predicted molar refractivity (Wildman–Crippen MR) is 221 cm³/mol. The van der Waals surface area contributed by atoms with Gasteiger partial charge in [-0.15, -0.1) is 0 Å². The molecule has 0 fully saturated rings. The quantitative estimate of drug-likeness (QED) is 0.0399. The fourth-order valence-corrected chi connectivity index (χ4v) is 7.76. The molecule has 0 bridgehead atoms. The van der Waals surface area contributed by atoms with Crippen molar-refractivity contribution in [3.63, 3.8) is 0 Å². The van der Waals surface area contributed by atoms with Gasteiger partial charge in [0.05, 0.1) is 26.7 Å². The molecule has 0 aromatic heterocycles.